The van der Waals surface area contributed by atoms with E-state index in [1.54, 1.807) is 19.2 Å². The molecule has 4 heterocycles. The topological polar surface area (TPSA) is 122 Å². The standard InChI is InChI=1S/C22H26N4O5/c1-31-12-21-8-22(9-21,10-23)25(11-21)7-13-3-2-4-14-17(13)20(30)26(19(14)29)15-5-6-16(27)24-18(15)28/h2-4,15H,5-12,23H2,1H3,(H,24,27,28). The van der Waals surface area contributed by atoms with Gasteiger partial charge in [0.05, 0.1) is 17.7 Å². The number of carbonyl (C=O) groups is 4. The Bertz CT molecular complexity index is 1000. The molecule has 6 rings (SSSR count). The van der Waals surface area contributed by atoms with Crippen molar-refractivity contribution in [1.29, 1.82) is 0 Å². The zero-order valence-corrected chi connectivity index (χ0v) is 17.5. The Kier molecular flexibility index (Phi) is 4.55. The predicted molar refractivity (Wildman–Crippen MR) is 109 cm³/mol. The summed E-state index contributed by atoms with van der Waals surface area (Å²) in [5, 5.41) is 2.23. The molecule has 1 aromatic rings. The van der Waals surface area contributed by atoms with Crippen LogP contribution in [-0.4, -0.2) is 71.8 Å². The summed E-state index contributed by atoms with van der Waals surface area (Å²) < 4.78 is 5.42. The first-order valence-electron chi connectivity index (χ1n) is 10.6. The van der Waals surface area contributed by atoms with E-state index in [-0.39, 0.29) is 29.7 Å². The van der Waals surface area contributed by atoms with Crippen molar-refractivity contribution < 1.29 is 23.9 Å². The number of ether oxygens (including phenoxy) is 1. The van der Waals surface area contributed by atoms with Gasteiger partial charge < -0.3 is 10.5 Å². The fourth-order valence-electron chi connectivity index (χ4n) is 6.13. The number of benzene rings is 1. The number of rotatable bonds is 6. The van der Waals surface area contributed by atoms with E-state index in [1.165, 1.54) is 0 Å². The number of fused-ring (bicyclic) bond motifs is 2. The summed E-state index contributed by atoms with van der Waals surface area (Å²) in [6.45, 7) is 2.55. The van der Waals surface area contributed by atoms with Gasteiger partial charge in [-0.1, -0.05) is 12.1 Å². The van der Waals surface area contributed by atoms with Crippen LogP contribution in [0.25, 0.3) is 0 Å². The zero-order chi connectivity index (χ0) is 22.0. The highest BCUT2D eigenvalue weighted by Crippen LogP contribution is 2.59. The smallest absolute Gasteiger partial charge is 0.262 e. The molecule has 9 nitrogen and oxygen atoms in total. The largest absolute Gasteiger partial charge is 0.384 e. The lowest BCUT2D eigenvalue weighted by atomic mass is 9.62. The molecule has 0 aromatic heterocycles. The van der Waals surface area contributed by atoms with Gasteiger partial charge in [0.1, 0.15) is 6.04 Å². The van der Waals surface area contributed by atoms with E-state index in [2.05, 4.69) is 10.2 Å². The number of carbonyl (C=O) groups excluding carboxylic acids is 4. The van der Waals surface area contributed by atoms with Crippen molar-refractivity contribution >= 4 is 23.6 Å². The quantitative estimate of drug-likeness (QED) is 0.615. The van der Waals surface area contributed by atoms with E-state index in [0.717, 1.165) is 29.8 Å². The van der Waals surface area contributed by atoms with Crippen LogP contribution in [0.5, 0.6) is 0 Å². The second-order valence-electron chi connectivity index (χ2n) is 9.36. The normalized spacial score (nSPS) is 32.3. The highest BCUT2D eigenvalue weighted by Gasteiger charge is 2.64. The van der Waals surface area contributed by atoms with Crippen LogP contribution >= 0.6 is 0 Å². The Morgan fingerprint density at radius 1 is 1.19 bits per heavy atom. The van der Waals surface area contributed by atoms with Crippen LogP contribution in [0, 0.1) is 5.41 Å². The summed E-state index contributed by atoms with van der Waals surface area (Å²) in [6.07, 6.45) is 2.18. The predicted octanol–water partition coefficient (Wildman–Crippen LogP) is 0.0275. The number of nitrogens with one attached hydrogen (secondary N) is 1. The summed E-state index contributed by atoms with van der Waals surface area (Å²) in [5.74, 6) is -1.93. The summed E-state index contributed by atoms with van der Waals surface area (Å²) in [6, 6.07) is 4.30. The lowest BCUT2D eigenvalue weighted by molar-refractivity contribution is -0.136. The van der Waals surface area contributed by atoms with Crippen LogP contribution in [-0.2, 0) is 20.9 Å². The molecule has 1 aromatic carbocycles. The van der Waals surface area contributed by atoms with Gasteiger partial charge in [0.25, 0.3) is 11.8 Å². The molecule has 9 heteroatoms. The van der Waals surface area contributed by atoms with E-state index in [9.17, 15) is 19.2 Å². The molecule has 164 valence electrons. The lowest BCUT2D eigenvalue weighted by Crippen LogP contribution is -2.55. The number of nitrogens with zero attached hydrogens (tertiary/aromatic N) is 2. The number of hydrogen-bond acceptors (Lipinski definition) is 7. The maximum atomic E-state index is 13.3. The maximum absolute atomic E-state index is 13.3. The molecule has 31 heavy (non-hydrogen) atoms. The molecular formula is C22H26N4O5. The molecule has 4 amide bonds. The number of methoxy groups -OCH3 is 1. The van der Waals surface area contributed by atoms with Gasteiger partial charge in [-0.25, -0.2) is 0 Å². The third kappa shape index (κ3) is 2.87. The van der Waals surface area contributed by atoms with Crippen molar-refractivity contribution in [2.24, 2.45) is 11.1 Å². The Balaban J connectivity index is 1.43. The molecule has 0 radical (unpaired) electrons. The van der Waals surface area contributed by atoms with Crippen LogP contribution in [0.4, 0.5) is 0 Å². The van der Waals surface area contributed by atoms with E-state index in [4.69, 9.17) is 10.5 Å². The molecule has 5 aliphatic rings. The fraction of sp³-hybridized carbons (Fsp3) is 0.545. The minimum absolute atomic E-state index is 0.101. The minimum atomic E-state index is -0.960. The molecular weight excluding hydrogens is 400 g/mol. The molecule has 1 unspecified atom stereocenters. The van der Waals surface area contributed by atoms with Gasteiger partial charge in [-0.3, -0.25) is 34.3 Å². The van der Waals surface area contributed by atoms with Gasteiger partial charge in [0, 0.05) is 44.1 Å². The minimum Gasteiger partial charge on any atom is -0.384 e. The van der Waals surface area contributed by atoms with Crippen molar-refractivity contribution in [3.8, 4) is 0 Å². The highest BCUT2D eigenvalue weighted by molar-refractivity contribution is 6.24. The van der Waals surface area contributed by atoms with Crippen LogP contribution in [0.15, 0.2) is 18.2 Å². The Labute approximate surface area is 179 Å². The first-order valence-corrected chi connectivity index (χ1v) is 10.6. The molecule has 2 bridgehead atoms. The van der Waals surface area contributed by atoms with Gasteiger partial charge in [0.15, 0.2) is 0 Å². The van der Waals surface area contributed by atoms with Gasteiger partial charge in [0.2, 0.25) is 11.8 Å². The molecule has 1 aliphatic carbocycles. The molecule has 3 saturated heterocycles. The first-order chi connectivity index (χ1) is 14.8. The van der Waals surface area contributed by atoms with Crippen molar-refractivity contribution in [3.05, 3.63) is 34.9 Å². The molecule has 3 N–H and O–H groups in total. The number of imide groups is 2. The van der Waals surface area contributed by atoms with Gasteiger partial charge in [-0.2, -0.15) is 0 Å². The summed E-state index contributed by atoms with van der Waals surface area (Å²) in [5.41, 5.74) is 7.56. The number of hydrogen-bond donors (Lipinski definition) is 2. The van der Waals surface area contributed by atoms with Crippen molar-refractivity contribution in [3.63, 3.8) is 0 Å². The third-order valence-corrected chi connectivity index (χ3v) is 7.35. The second-order valence-corrected chi connectivity index (χ2v) is 9.36. The SMILES string of the molecule is COCC12CN(Cc3cccc4c3C(=O)N(C3CCC(=O)NC3=O)C4=O)C(CN)(C1)C2. The third-order valence-electron chi connectivity index (χ3n) is 7.35. The van der Waals surface area contributed by atoms with Crippen LogP contribution in [0.1, 0.15) is 52.0 Å². The zero-order valence-electron chi connectivity index (χ0n) is 17.5. The van der Waals surface area contributed by atoms with Gasteiger partial charge in [-0.15, -0.1) is 0 Å². The number of amides is 4. The van der Waals surface area contributed by atoms with Crippen molar-refractivity contribution in [2.75, 3.05) is 26.8 Å². The summed E-state index contributed by atoms with van der Waals surface area (Å²) >= 11 is 0. The number of nitrogens with two attached hydrogens (primary N) is 1. The second kappa shape index (κ2) is 6.94. The highest BCUT2D eigenvalue weighted by atomic mass is 16.5. The monoisotopic (exact) mass is 426 g/mol. The Morgan fingerprint density at radius 3 is 2.65 bits per heavy atom. The molecule has 4 fully saturated rings. The maximum Gasteiger partial charge on any atom is 0.262 e. The van der Waals surface area contributed by atoms with Gasteiger partial charge in [-0.05, 0) is 30.9 Å². The van der Waals surface area contributed by atoms with E-state index in [1.807, 2.05) is 6.07 Å². The van der Waals surface area contributed by atoms with Crippen molar-refractivity contribution in [2.45, 2.75) is 43.8 Å². The van der Waals surface area contributed by atoms with Crippen LogP contribution < -0.4 is 11.1 Å². The van der Waals surface area contributed by atoms with E-state index in [0.29, 0.717) is 30.8 Å². The van der Waals surface area contributed by atoms with E-state index >= 15 is 0 Å². The molecule has 1 saturated carbocycles. The lowest BCUT2D eigenvalue weighted by Gasteiger charge is -2.47. The van der Waals surface area contributed by atoms with Crippen LogP contribution in [0.2, 0.25) is 0 Å². The Hall–Kier alpha value is -2.62. The number of piperidine rings is 1. The molecule has 1 atom stereocenters. The fourth-order valence-corrected chi connectivity index (χ4v) is 6.13. The average molecular weight is 426 g/mol. The first kappa shape index (κ1) is 20.3. The summed E-state index contributed by atoms with van der Waals surface area (Å²) in [4.78, 5) is 53.5. The molecule has 0 spiro atoms. The van der Waals surface area contributed by atoms with Gasteiger partial charge >= 0.3 is 0 Å². The van der Waals surface area contributed by atoms with Crippen LogP contribution in [0.3, 0.4) is 0 Å². The van der Waals surface area contributed by atoms with E-state index < -0.39 is 23.8 Å². The van der Waals surface area contributed by atoms with Crippen molar-refractivity contribution in [1.82, 2.24) is 15.1 Å². The average Bonchev–Trinajstić information content (AvgIpc) is 3.27. The Morgan fingerprint density at radius 2 is 1.97 bits per heavy atom. The summed E-state index contributed by atoms with van der Waals surface area (Å²) in [7, 11) is 1.71. The molecule has 4 aliphatic heterocycles.